The van der Waals surface area contributed by atoms with E-state index in [4.69, 9.17) is 10.00 Å². The first-order valence-corrected chi connectivity index (χ1v) is 5.93. The molecule has 0 aliphatic heterocycles. The Balaban J connectivity index is 2.30. The average molecular weight is 291 g/mol. The Bertz CT molecular complexity index is 717. The summed E-state index contributed by atoms with van der Waals surface area (Å²) in [6.45, 7) is 0. The highest BCUT2D eigenvalue weighted by molar-refractivity contribution is 7.14. The van der Waals surface area contributed by atoms with Crippen molar-refractivity contribution in [1.29, 1.82) is 5.26 Å². The van der Waals surface area contributed by atoms with E-state index in [2.05, 4.69) is 0 Å². The summed E-state index contributed by atoms with van der Waals surface area (Å²) in [6, 6.07) is 8.01. The van der Waals surface area contributed by atoms with E-state index < -0.39 is 9.85 Å². The van der Waals surface area contributed by atoms with Crippen LogP contribution in [0.3, 0.4) is 0 Å². The molecule has 0 unspecified atom stereocenters. The predicted molar refractivity (Wildman–Crippen MR) is 68.9 cm³/mol. The minimum atomic E-state index is -0.655. The maximum atomic E-state index is 10.8. The van der Waals surface area contributed by atoms with Gasteiger partial charge >= 0.3 is 5.69 Å². The molecule has 20 heavy (non-hydrogen) atoms. The zero-order valence-corrected chi connectivity index (χ0v) is 10.5. The van der Waals surface area contributed by atoms with Crippen LogP contribution in [0.2, 0.25) is 0 Å². The fourth-order valence-electron chi connectivity index (χ4n) is 1.36. The SMILES string of the molecule is N#Cc1cc([N+](=O)[O-])c(Oc2ccc([N+](=O)[O-])cc2)s1. The van der Waals surface area contributed by atoms with Gasteiger partial charge in [-0.05, 0) is 12.1 Å². The van der Waals surface area contributed by atoms with Gasteiger partial charge in [0.15, 0.2) is 0 Å². The normalized spacial score (nSPS) is 9.75. The first kappa shape index (κ1) is 13.4. The quantitative estimate of drug-likeness (QED) is 0.630. The van der Waals surface area contributed by atoms with Crippen molar-refractivity contribution in [3.63, 3.8) is 0 Å². The van der Waals surface area contributed by atoms with Gasteiger partial charge in [-0.15, -0.1) is 0 Å². The predicted octanol–water partition coefficient (Wildman–Crippen LogP) is 3.23. The van der Waals surface area contributed by atoms with Crippen LogP contribution >= 0.6 is 11.3 Å². The van der Waals surface area contributed by atoms with Crippen molar-refractivity contribution < 1.29 is 14.6 Å². The lowest BCUT2D eigenvalue weighted by molar-refractivity contribution is -0.385. The molecule has 0 bridgehead atoms. The van der Waals surface area contributed by atoms with Crippen LogP contribution in [0.1, 0.15) is 4.88 Å². The summed E-state index contributed by atoms with van der Waals surface area (Å²) in [5.74, 6) is 0.213. The largest absolute Gasteiger partial charge is 0.440 e. The number of hydrogen-bond acceptors (Lipinski definition) is 7. The second-order valence-corrected chi connectivity index (χ2v) is 4.52. The maximum Gasteiger partial charge on any atom is 0.324 e. The van der Waals surface area contributed by atoms with Gasteiger partial charge in [0.05, 0.1) is 9.85 Å². The number of nitro groups is 2. The molecule has 0 radical (unpaired) electrons. The van der Waals surface area contributed by atoms with E-state index in [0.717, 1.165) is 17.4 Å². The van der Waals surface area contributed by atoms with E-state index in [1.807, 2.05) is 0 Å². The lowest BCUT2D eigenvalue weighted by Crippen LogP contribution is -1.90. The van der Waals surface area contributed by atoms with Crippen molar-refractivity contribution in [2.24, 2.45) is 0 Å². The summed E-state index contributed by atoms with van der Waals surface area (Å²) in [7, 11) is 0. The van der Waals surface area contributed by atoms with Crippen LogP contribution in [0.25, 0.3) is 0 Å². The molecule has 2 rings (SSSR count). The summed E-state index contributed by atoms with van der Waals surface area (Å²) in [6.07, 6.45) is 0. The van der Waals surface area contributed by atoms with Gasteiger partial charge < -0.3 is 4.74 Å². The van der Waals surface area contributed by atoms with Crippen molar-refractivity contribution in [2.45, 2.75) is 0 Å². The smallest absolute Gasteiger partial charge is 0.324 e. The van der Waals surface area contributed by atoms with Gasteiger partial charge in [-0.25, -0.2) is 0 Å². The third kappa shape index (κ3) is 2.70. The van der Waals surface area contributed by atoms with Gasteiger partial charge in [0, 0.05) is 18.2 Å². The molecule has 0 amide bonds. The molecule has 0 fully saturated rings. The molecule has 9 heteroatoms. The number of nitriles is 1. The molecule has 1 heterocycles. The third-order valence-electron chi connectivity index (χ3n) is 2.24. The van der Waals surface area contributed by atoms with E-state index in [1.165, 1.54) is 24.3 Å². The lowest BCUT2D eigenvalue weighted by Gasteiger charge is -2.01. The molecule has 2 aromatic rings. The number of non-ortho nitro benzene ring substituents is 1. The van der Waals surface area contributed by atoms with Crippen LogP contribution in [-0.2, 0) is 0 Å². The Labute approximate surface area is 115 Å². The fourth-order valence-corrected chi connectivity index (χ4v) is 2.15. The van der Waals surface area contributed by atoms with Crippen LogP contribution in [-0.4, -0.2) is 9.85 Å². The molecular formula is C11H5N3O5S. The molecule has 0 saturated carbocycles. The lowest BCUT2D eigenvalue weighted by atomic mass is 10.3. The fraction of sp³-hybridized carbons (Fsp3) is 0. The summed E-state index contributed by atoms with van der Waals surface area (Å²) < 4.78 is 5.29. The maximum absolute atomic E-state index is 10.8. The van der Waals surface area contributed by atoms with Crippen molar-refractivity contribution in [2.75, 3.05) is 0 Å². The Kier molecular flexibility index (Phi) is 3.58. The zero-order chi connectivity index (χ0) is 14.7. The first-order chi connectivity index (χ1) is 9.51. The van der Waals surface area contributed by atoms with Gasteiger partial charge in [-0.2, -0.15) is 5.26 Å². The standard InChI is InChI=1S/C11H5N3O5S/c12-6-9-5-10(14(17)18)11(20-9)19-8-3-1-7(2-4-8)13(15)16/h1-5H. The summed E-state index contributed by atoms with van der Waals surface area (Å²) in [5, 5.41) is 30.0. The Morgan fingerprint density at radius 1 is 1.15 bits per heavy atom. The molecular weight excluding hydrogens is 286 g/mol. The molecule has 1 aromatic carbocycles. The highest BCUT2D eigenvalue weighted by Crippen LogP contribution is 2.39. The second kappa shape index (κ2) is 5.33. The van der Waals surface area contributed by atoms with Crippen LogP contribution in [0.4, 0.5) is 11.4 Å². The molecule has 0 saturated heterocycles. The monoisotopic (exact) mass is 291 g/mol. The number of ether oxygens (including phenoxy) is 1. The number of thiophene rings is 1. The Morgan fingerprint density at radius 3 is 2.30 bits per heavy atom. The van der Waals surface area contributed by atoms with Gasteiger partial charge in [-0.3, -0.25) is 20.2 Å². The number of benzene rings is 1. The van der Waals surface area contributed by atoms with E-state index in [0.29, 0.717) is 0 Å². The molecule has 0 spiro atoms. The third-order valence-corrected chi connectivity index (χ3v) is 3.15. The van der Waals surface area contributed by atoms with Gasteiger partial charge in [-0.1, -0.05) is 11.3 Å². The molecule has 0 atom stereocenters. The van der Waals surface area contributed by atoms with E-state index in [-0.39, 0.29) is 27.1 Å². The van der Waals surface area contributed by atoms with E-state index in [9.17, 15) is 20.2 Å². The van der Waals surface area contributed by atoms with Crippen LogP contribution in [0.15, 0.2) is 30.3 Å². The average Bonchev–Trinajstić information content (AvgIpc) is 2.82. The zero-order valence-electron chi connectivity index (χ0n) is 9.68. The minimum absolute atomic E-state index is 0.0413. The van der Waals surface area contributed by atoms with E-state index >= 15 is 0 Å². The topological polar surface area (TPSA) is 119 Å². The van der Waals surface area contributed by atoms with E-state index in [1.54, 1.807) is 6.07 Å². The number of nitrogens with zero attached hydrogens (tertiary/aromatic N) is 3. The first-order valence-electron chi connectivity index (χ1n) is 5.12. The summed E-state index contributed by atoms with van der Waals surface area (Å²) in [4.78, 5) is 20.2. The minimum Gasteiger partial charge on any atom is -0.440 e. The molecule has 8 nitrogen and oxygen atoms in total. The van der Waals surface area contributed by atoms with Crippen LogP contribution in [0.5, 0.6) is 10.8 Å². The molecule has 100 valence electrons. The highest BCUT2D eigenvalue weighted by atomic mass is 32.1. The Morgan fingerprint density at radius 2 is 1.80 bits per heavy atom. The molecule has 0 aliphatic rings. The summed E-state index contributed by atoms with van der Waals surface area (Å²) in [5.41, 5.74) is -0.430. The van der Waals surface area contributed by atoms with Crippen LogP contribution < -0.4 is 4.74 Å². The Hall–Kier alpha value is -2.99. The summed E-state index contributed by atoms with van der Waals surface area (Å²) >= 11 is 0.834. The van der Waals surface area contributed by atoms with Crippen molar-refractivity contribution in [3.05, 3.63) is 55.4 Å². The van der Waals surface area contributed by atoms with Gasteiger partial charge in [0.1, 0.15) is 16.7 Å². The van der Waals surface area contributed by atoms with Crippen molar-refractivity contribution in [1.82, 2.24) is 0 Å². The second-order valence-electron chi connectivity index (χ2n) is 3.51. The van der Waals surface area contributed by atoms with Crippen molar-refractivity contribution >= 4 is 22.7 Å². The molecule has 0 aliphatic carbocycles. The van der Waals surface area contributed by atoms with Gasteiger partial charge in [0.25, 0.3) is 10.8 Å². The number of hydrogen-bond donors (Lipinski definition) is 0. The van der Waals surface area contributed by atoms with Crippen LogP contribution in [0, 0.1) is 31.6 Å². The number of rotatable bonds is 4. The molecule has 0 N–H and O–H groups in total. The number of nitro benzene ring substituents is 1. The van der Waals surface area contributed by atoms with Gasteiger partial charge in [0.2, 0.25) is 0 Å². The highest BCUT2D eigenvalue weighted by Gasteiger charge is 2.21. The molecule has 1 aromatic heterocycles. The van der Waals surface area contributed by atoms with Crippen molar-refractivity contribution in [3.8, 4) is 16.9 Å².